The smallest absolute Gasteiger partial charge is 0.270 e. The molecule has 0 saturated carbocycles. The van der Waals surface area contributed by atoms with E-state index in [1.165, 1.54) is 42.5 Å². The van der Waals surface area contributed by atoms with E-state index in [1.54, 1.807) is 36.4 Å². The molecule has 16 heteroatoms. The first-order chi connectivity index (χ1) is 24.5. The Morgan fingerprint density at radius 3 is 1.79 bits per heavy atom. The Kier molecular flexibility index (Phi) is 9.47. The molecule has 0 bridgehead atoms. The average molecular weight is 723 g/mol. The fourth-order valence-corrected chi connectivity index (χ4v) is 6.50. The molecule has 7 rings (SSSR count). The summed E-state index contributed by atoms with van der Waals surface area (Å²) in [5, 5.41) is 30.4. The van der Waals surface area contributed by atoms with Gasteiger partial charge in [0.05, 0.1) is 26.7 Å². The number of anilines is 1. The van der Waals surface area contributed by atoms with Crippen molar-refractivity contribution in [1.29, 1.82) is 0 Å². The summed E-state index contributed by atoms with van der Waals surface area (Å²) < 4.78 is 0. The second kappa shape index (κ2) is 14.0. The maximum absolute atomic E-state index is 13.5. The van der Waals surface area contributed by atoms with Crippen molar-refractivity contribution in [3.05, 3.63) is 133 Å². The second-order valence-corrected chi connectivity index (χ2v) is 11.9. The molecular weight excluding hydrogens is 696 g/mol. The Morgan fingerprint density at radius 2 is 1.17 bits per heavy atom. The molecule has 2 N–H and O–H groups in total. The van der Waals surface area contributed by atoms with Gasteiger partial charge in [-0.05, 0) is 54.1 Å². The Morgan fingerprint density at radius 1 is 0.635 bits per heavy atom. The van der Waals surface area contributed by atoms with Gasteiger partial charge < -0.3 is 10.6 Å². The topological polar surface area (TPSA) is 202 Å². The highest BCUT2D eigenvalue weighted by molar-refractivity contribution is 6.36. The van der Waals surface area contributed by atoms with Gasteiger partial charge in [-0.25, -0.2) is 4.90 Å². The first kappa shape index (κ1) is 35.3. The molecule has 2 heterocycles. The number of hydrogen-bond donors (Lipinski definition) is 2. The average Bonchev–Trinajstić information content (AvgIpc) is 3.13. The molecule has 5 amide bonds. The van der Waals surface area contributed by atoms with Crippen LogP contribution < -0.4 is 15.5 Å². The molecule has 0 unspecified atom stereocenters. The molecule has 5 aromatic rings. The predicted molar refractivity (Wildman–Crippen MR) is 191 cm³/mol. The second-order valence-electron chi connectivity index (χ2n) is 11.9. The number of carbonyl (C=O) groups is 5. The SMILES string of the molecule is Cl.O=C(NCCCNCCN1C(=O)c2cccc3cc([N+](=O)[O-])cc(c23)C1=O)c1cccc(N2C(=O)c3cccc4cc([N+](=O)[O-])cc(c34)C2=O)c1. The summed E-state index contributed by atoms with van der Waals surface area (Å²) in [5.41, 5.74) is 0.396. The van der Waals surface area contributed by atoms with Crippen LogP contribution in [0.5, 0.6) is 0 Å². The summed E-state index contributed by atoms with van der Waals surface area (Å²) in [6.07, 6.45) is 0.477. The van der Waals surface area contributed by atoms with Crippen molar-refractivity contribution in [2.45, 2.75) is 6.42 Å². The molecule has 0 saturated heterocycles. The number of nitrogens with one attached hydrogen (secondary N) is 2. The fourth-order valence-electron chi connectivity index (χ4n) is 6.50. The van der Waals surface area contributed by atoms with Crippen molar-refractivity contribution in [3.63, 3.8) is 0 Å². The van der Waals surface area contributed by atoms with Gasteiger partial charge in [-0.2, -0.15) is 0 Å². The summed E-state index contributed by atoms with van der Waals surface area (Å²) in [5.74, 6) is -2.92. The van der Waals surface area contributed by atoms with Crippen LogP contribution in [0.1, 0.15) is 58.2 Å². The molecule has 5 aromatic carbocycles. The monoisotopic (exact) mass is 722 g/mol. The zero-order chi connectivity index (χ0) is 36.0. The van der Waals surface area contributed by atoms with E-state index in [-0.39, 0.29) is 71.4 Å². The van der Waals surface area contributed by atoms with Crippen LogP contribution in [0.15, 0.2) is 84.9 Å². The molecule has 0 aliphatic carbocycles. The lowest BCUT2D eigenvalue weighted by molar-refractivity contribution is -0.384. The van der Waals surface area contributed by atoms with Gasteiger partial charge in [-0.1, -0.05) is 30.3 Å². The third kappa shape index (κ3) is 6.07. The van der Waals surface area contributed by atoms with E-state index in [0.29, 0.717) is 40.1 Å². The van der Waals surface area contributed by atoms with Gasteiger partial charge in [0.25, 0.3) is 40.9 Å². The Bertz CT molecular complexity index is 2400. The van der Waals surface area contributed by atoms with E-state index in [2.05, 4.69) is 10.6 Å². The third-order valence-electron chi connectivity index (χ3n) is 8.86. The predicted octanol–water partition coefficient (Wildman–Crippen LogP) is 5.04. The van der Waals surface area contributed by atoms with Gasteiger partial charge in [0, 0.05) is 71.4 Å². The molecule has 0 atom stereocenters. The molecule has 52 heavy (non-hydrogen) atoms. The van der Waals surface area contributed by atoms with Gasteiger partial charge in [0.15, 0.2) is 0 Å². The number of amides is 5. The van der Waals surface area contributed by atoms with Crippen LogP contribution in [0.3, 0.4) is 0 Å². The number of rotatable bonds is 11. The zero-order valence-corrected chi connectivity index (χ0v) is 27.8. The van der Waals surface area contributed by atoms with Gasteiger partial charge in [0.1, 0.15) is 0 Å². The van der Waals surface area contributed by atoms with E-state index in [4.69, 9.17) is 0 Å². The van der Waals surface area contributed by atoms with Gasteiger partial charge in [-0.3, -0.25) is 49.1 Å². The zero-order valence-electron chi connectivity index (χ0n) is 27.0. The summed E-state index contributed by atoms with van der Waals surface area (Å²) in [4.78, 5) is 90.1. The van der Waals surface area contributed by atoms with Crippen LogP contribution in [0.2, 0.25) is 0 Å². The standard InChI is InChI=1S/C36H26N6O9.ClH/c43-32(22-7-1-8-23(17-22)40-35(46)27-10-3-6-21-16-25(42(50)51)19-29(31(21)27)36(40)47)38-12-4-11-37-13-14-39-33(44)26-9-2-5-20-15-24(41(48)49)18-28(30(20)26)34(39)45;/h1-3,5-10,15-19,37H,4,11-14H2,(H,38,43);1H. The van der Waals surface area contributed by atoms with Crippen LogP contribution in [0.25, 0.3) is 21.5 Å². The lowest BCUT2D eigenvalue weighted by atomic mass is 9.93. The molecule has 0 aromatic heterocycles. The minimum atomic E-state index is -0.744. The van der Waals surface area contributed by atoms with Crippen molar-refractivity contribution in [2.75, 3.05) is 31.1 Å². The minimum absolute atomic E-state index is 0. The highest BCUT2D eigenvalue weighted by Gasteiger charge is 2.36. The van der Waals surface area contributed by atoms with Crippen molar-refractivity contribution in [1.82, 2.24) is 15.5 Å². The molecule has 0 fully saturated rings. The van der Waals surface area contributed by atoms with E-state index < -0.39 is 39.4 Å². The van der Waals surface area contributed by atoms with Crippen LogP contribution in [0.4, 0.5) is 17.1 Å². The van der Waals surface area contributed by atoms with Crippen molar-refractivity contribution in [3.8, 4) is 0 Å². The molecule has 2 aliphatic rings. The Labute approximate surface area is 299 Å². The molecule has 0 spiro atoms. The fraction of sp³-hybridized carbons (Fsp3) is 0.139. The van der Waals surface area contributed by atoms with Crippen molar-refractivity contribution < 1.29 is 33.8 Å². The molecule has 2 aliphatic heterocycles. The van der Waals surface area contributed by atoms with E-state index in [1.807, 2.05) is 0 Å². The lowest BCUT2D eigenvalue weighted by Crippen LogP contribution is -2.44. The van der Waals surface area contributed by atoms with Gasteiger partial charge in [-0.15, -0.1) is 12.4 Å². The summed E-state index contributed by atoms with van der Waals surface area (Å²) in [7, 11) is 0. The molecule has 0 radical (unpaired) electrons. The van der Waals surface area contributed by atoms with Crippen molar-refractivity contribution in [2.24, 2.45) is 0 Å². The normalized spacial score (nSPS) is 13.4. The largest absolute Gasteiger partial charge is 0.352 e. The van der Waals surface area contributed by atoms with Crippen LogP contribution in [0, 0.1) is 20.2 Å². The first-order valence-electron chi connectivity index (χ1n) is 15.8. The summed E-state index contributed by atoms with van der Waals surface area (Å²) >= 11 is 0. The molecule has 262 valence electrons. The maximum atomic E-state index is 13.5. The third-order valence-corrected chi connectivity index (χ3v) is 8.86. The maximum Gasteiger partial charge on any atom is 0.270 e. The van der Waals surface area contributed by atoms with Crippen molar-refractivity contribution >= 4 is 80.5 Å². The summed E-state index contributed by atoms with van der Waals surface area (Å²) in [6.45, 7) is 0.931. The van der Waals surface area contributed by atoms with Crippen LogP contribution in [-0.4, -0.2) is 70.5 Å². The van der Waals surface area contributed by atoms with E-state index >= 15 is 0 Å². The number of benzene rings is 5. The minimum Gasteiger partial charge on any atom is -0.352 e. The van der Waals surface area contributed by atoms with E-state index in [0.717, 1.165) is 15.9 Å². The number of imide groups is 2. The number of nitrogens with zero attached hydrogens (tertiary/aromatic N) is 4. The van der Waals surface area contributed by atoms with Gasteiger partial charge >= 0.3 is 0 Å². The number of nitro groups is 2. The van der Waals surface area contributed by atoms with E-state index in [9.17, 15) is 44.2 Å². The number of carbonyl (C=O) groups excluding carboxylic acids is 5. The summed E-state index contributed by atoms with van der Waals surface area (Å²) in [6, 6.07) is 20.5. The van der Waals surface area contributed by atoms with Crippen LogP contribution in [-0.2, 0) is 0 Å². The molecular formula is C36H27ClN6O9. The molecule has 15 nitrogen and oxygen atoms in total. The number of hydrogen-bond acceptors (Lipinski definition) is 10. The first-order valence-corrected chi connectivity index (χ1v) is 15.8. The van der Waals surface area contributed by atoms with Crippen LogP contribution >= 0.6 is 12.4 Å². The quantitative estimate of drug-likeness (QED) is 0.0805. The Balaban J connectivity index is 0.00000464. The number of nitro benzene ring substituents is 2. The number of non-ortho nitro benzene ring substituents is 2. The van der Waals surface area contributed by atoms with Gasteiger partial charge in [0.2, 0.25) is 0 Å². The highest BCUT2D eigenvalue weighted by atomic mass is 35.5. The highest BCUT2D eigenvalue weighted by Crippen LogP contribution is 2.36. The Hall–Kier alpha value is -6.58. The lowest BCUT2D eigenvalue weighted by Gasteiger charge is -2.27. The number of halogens is 1.